The van der Waals surface area contributed by atoms with Crippen LogP contribution in [0.15, 0.2) is 4.99 Å². The number of carbonyl (C=O) groups excluding carboxylic acids is 1. The van der Waals surface area contributed by atoms with E-state index in [0.717, 1.165) is 12.8 Å². The lowest BCUT2D eigenvalue weighted by Crippen LogP contribution is -2.51. The molecule has 2 aliphatic heterocycles. The van der Waals surface area contributed by atoms with Crippen molar-refractivity contribution in [3.63, 3.8) is 0 Å². The van der Waals surface area contributed by atoms with Crippen molar-refractivity contribution in [3.8, 4) is 0 Å². The number of ether oxygens (including phenoxy) is 1. The minimum Gasteiger partial charge on any atom is -0.373 e. The van der Waals surface area contributed by atoms with Crippen LogP contribution < -0.4 is 16.0 Å². The van der Waals surface area contributed by atoms with Gasteiger partial charge in [0.25, 0.3) is 0 Å². The predicted molar refractivity (Wildman–Crippen MR) is 78.7 cm³/mol. The number of rotatable bonds is 3. The second-order valence-corrected chi connectivity index (χ2v) is 6.58. The van der Waals surface area contributed by atoms with Gasteiger partial charge in [-0.15, -0.1) is 0 Å². The zero-order valence-corrected chi connectivity index (χ0v) is 12.8. The first kappa shape index (κ1) is 15.1. The van der Waals surface area contributed by atoms with E-state index in [0.29, 0.717) is 24.2 Å². The van der Waals surface area contributed by atoms with E-state index in [4.69, 9.17) is 4.74 Å². The number of amides is 1. The van der Waals surface area contributed by atoms with Crippen LogP contribution in [0.1, 0.15) is 40.0 Å². The highest BCUT2D eigenvalue weighted by Gasteiger charge is 2.41. The topological polar surface area (TPSA) is 74.8 Å². The molecule has 2 heterocycles. The molecule has 6 nitrogen and oxygen atoms in total. The molecule has 0 radical (unpaired) electrons. The van der Waals surface area contributed by atoms with Gasteiger partial charge in [0.1, 0.15) is 0 Å². The van der Waals surface area contributed by atoms with Crippen LogP contribution in [0.4, 0.5) is 0 Å². The van der Waals surface area contributed by atoms with Gasteiger partial charge in [0.15, 0.2) is 5.96 Å². The molecule has 0 aliphatic carbocycles. The third kappa shape index (κ3) is 4.10. The Morgan fingerprint density at radius 1 is 1.35 bits per heavy atom. The molecule has 0 spiro atoms. The summed E-state index contributed by atoms with van der Waals surface area (Å²) in [4.78, 5) is 15.9. The Morgan fingerprint density at radius 3 is 2.60 bits per heavy atom. The van der Waals surface area contributed by atoms with Gasteiger partial charge in [-0.1, -0.05) is 0 Å². The molecule has 3 atom stereocenters. The molecule has 3 N–H and O–H groups in total. The van der Waals surface area contributed by atoms with Gasteiger partial charge in [-0.25, -0.2) is 0 Å². The van der Waals surface area contributed by atoms with E-state index < -0.39 is 0 Å². The zero-order valence-electron chi connectivity index (χ0n) is 12.8. The first-order valence-electron chi connectivity index (χ1n) is 7.31. The Kier molecular flexibility index (Phi) is 4.52. The fourth-order valence-electron chi connectivity index (χ4n) is 2.79. The number of aliphatic imine (C=N–C) groups is 1. The van der Waals surface area contributed by atoms with Gasteiger partial charge in [0, 0.05) is 12.6 Å². The monoisotopic (exact) mass is 282 g/mol. The average molecular weight is 282 g/mol. The molecule has 1 amide bonds. The number of hydrogen-bond acceptors (Lipinski definition) is 3. The van der Waals surface area contributed by atoms with Gasteiger partial charge in [0.2, 0.25) is 5.91 Å². The molecule has 0 aromatic rings. The number of nitrogens with zero attached hydrogens (tertiary/aromatic N) is 1. The van der Waals surface area contributed by atoms with Crippen LogP contribution in [0.3, 0.4) is 0 Å². The molecule has 2 rings (SSSR count). The number of guanidine groups is 1. The van der Waals surface area contributed by atoms with Gasteiger partial charge in [-0.2, -0.15) is 0 Å². The average Bonchev–Trinajstić information content (AvgIpc) is 2.94. The molecule has 0 saturated carbocycles. The lowest BCUT2D eigenvalue weighted by atomic mass is 9.96. The van der Waals surface area contributed by atoms with Crippen molar-refractivity contribution in [2.45, 2.75) is 63.8 Å². The normalized spacial score (nSPS) is 29.4. The predicted octanol–water partition coefficient (Wildman–Crippen LogP) is 0.386. The summed E-state index contributed by atoms with van der Waals surface area (Å²) in [6.07, 6.45) is 4.01. The summed E-state index contributed by atoms with van der Waals surface area (Å²) < 4.78 is 5.80. The fraction of sp³-hybridized carbons (Fsp3) is 0.857. The summed E-state index contributed by atoms with van der Waals surface area (Å²) in [6.45, 7) is 6.11. The van der Waals surface area contributed by atoms with Crippen molar-refractivity contribution in [1.29, 1.82) is 0 Å². The molecular formula is C14H26N4O2. The molecule has 6 heteroatoms. The molecule has 114 valence electrons. The van der Waals surface area contributed by atoms with Crippen molar-refractivity contribution in [3.05, 3.63) is 0 Å². The van der Waals surface area contributed by atoms with E-state index in [1.807, 2.05) is 20.8 Å². The lowest BCUT2D eigenvalue weighted by Gasteiger charge is -2.24. The fourth-order valence-corrected chi connectivity index (χ4v) is 2.79. The first-order chi connectivity index (χ1) is 9.37. The van der Waals surface area contributed by atoms with Crippen LogP contribution in [-0.2, 0) is 9.53 Å². The largest absolute Gasteiger partial charge is 0.373 e. The van der Waals surface area contributed by atoms with E-state index in [1.165, 1.54) is 6.42 Å². The van der Waals surface area contributed by atoms with E-state index in [2.05, 4.69) is 20.9 Å². The number of hydrogen-bond donors (Lipinski definition) is 3. The molecule has 0 aromatic heterocycles. The molecule has 0 aromatic carbocycles. The quantitative estimate of drug-likeness (QED) is 0.517. The highest BCUT2D eigenvalue weighted by Crippen LogP contribution is 2.34. The maximum Gasteiger partial charge on any atom is 0.239 e. The summed E-state index contributed by atoms with van der Waals surface area (Å²) in [5.41, 5.74) is -0.214. The lowest BCUT2D eigenvalue weighted by molar-refractivity contribution is -0.121. The maximum absolute atomic E-state index is 11.8. The van der Waals surface area contributed by atoms with Gasteiger partial charge >= 0.3 is 0 Å². The SMILES string of the molecule is CN=C(NCC(=O)NC(C)(C)C)NC1CC2CCC1O2. The third-order valence-electron chi connectivity index (χ3n) is 3.58. The third-order valence-corrected chi connectivity index (χ3v) is 3.58. The van der Waals surface area contributed by atoms with E-state index in [1.54, 1.807) is 7.05 Å². The van der Waals surface area contributed by atoms with Crippen LogP contribution in [0, 0.1) is 0 Å². The van der Waals surface area contributed by atoms with Crippen LogP contribution in [-0.4, -0.2) is 49.2 Å². The molecular weight excluding hydrogens is 256 g/mol. The Labute approximate surface area is 120 Å². The first-order valence-corrected chi connectivity index (χ1v) is 7.31. The zero-order chi connectivity index (χ0) is 14.8. The number of carbonyl (C=O) groups is 1. The van der Waals surface area contributed by atoms with Crippen LogP contribution in [0.25, 0.3) is 0 Å². The Morgan fingerprint density at radius 2 is 2.10 bits per heavy atom. The van der Waals surface area contributed by atoms with Crippen molar-refractivity contribution >= 4 is 11.9 Å². The van der Waals surface area contributed by atoms with Gasteiger partial charge in [0.05, 0.1) is 24.8 Å². The molecule has 2 aliphatic rings. The summed E-state index contributed by atoms with van der Waals surface area (Å²) in [5, 5.41) is 9.31. The Hall–Kier alpha value is -1.30. The van der Waals surface area contributed by atoms with Crippen molar-refractivity contribution < 1.29 is 9.53 Å². The summed E-state index contributed by atoms with van der Waals surface area (Å²) >= 11 is 0. The van der Waals surface area contributed by atoms with E-state index >= 15 is 0 Å². The van der Waals surface area contributed by atoms with Crippen molar-refractivity contribution in [2.24, 2.45) is 4.99 Å². The second kappa shape index (κ2) is 5.99. The van der Waals surface area contributed by atoms with Crippen LogP contribution >= 0.6 is 0 Å². The second-order valence-electron chi connectivity index (χ2n) is 6.58. The van der Waals surface area contributed by atoms with Crippen molar-refractivity contribution in [2.75, 3.05) is 13.6 Å². The highest BCUT2D eigenvalue weighted by molar-refractivity contribution is 5.86. The van der Waals surface area contributed by atoms with Gasteiger partial charge in [-0.05, 0) is 40.0 Å². The Bertz CT molecular complexity index is 389. The van der Waals surface area contributed by atoms with Gasteiger partial charge < -0.3 is 20.7 Å². The van der Waals surface area contributed by atoms with Crippen molar-refractivity contribution in [1.82, 2.24) is 16.0 Å². The summed E-state index contributed by atoms with van der Waals surface area (Å²) in [6, 6.07) is 0.311. The number of nitrogens with one attached hydrogen (secondary N) is 3. The molecule has 2 bridgehead atoms. The summed E-state index contributed by atoms with van der Waals surface area (Å²) in [7, 11) is 1.71. The molecule has 2 saturated heterocycles. The molecule has 20 heavy (non-hydrogen) atoms. The standard InChI is InChI=1S/C14H26N4O2/c1-14(2,3)18-12(19)8-16-13(15-4)17-10-7-9-5-6-11(10)20-9/h9-11H,5-8H2,1-4H3,(H,18,19)(H2,15,16,17). The number of fused-ring (bicyclic) bond motifs is 2. The minimum absolute atomic E-state index is 0.0374. The summed E-state index contributed by atoms with van der Waals surface area (Å²) in [5.74, 6) is 0.625. The Balaban J connectivity index is 1.74. The molecule has 2 fully saturated rings. The molecule has 3 unspecified atom stereocenters. The maximum atomic E-state index is 11.8. The van der Waals surface area contributed by atoms with Gasteiger partial charge in [-0.3, -0.25) is 9.79 Å². The minimum atomic E-state index is -0.214. The van der Waals surface area contributed by atoms with Crippen LogP contribution in [0.2, 0.25) is 0 Å². The van der Waals surface area contributed by atoms with Crippen LogP contribution in [0.5, 0.6) is 0 Å². The van der Waals surface area contributed by atoms with E-state index in [9.17, 15) is 4.79 Å². The van der Waals surface area contributed by atoms with E-state index in [-0.39, 0.29) is 18.0 Å². The smallest absolute Gasteiger partial charge is 0.239 e. The highest BCUT2D eigenvalue weighted by atomic mass is 16.5.